The van der Waals surface area contributed by atoms with Gasteiger partial charge in [0.15, 0.2) is 0 Å². The molecular formula is C21H20N2. The van der Waals surface area contributed by atoms with E-state index in [1.807, 2.05) is 0 Å². The van der Waals surface area contributed by atoms with Gasteiger partial charge in [-0.15, -0.1) is 0 Å². The number of benzene rings is 2. The number of hydrogen-bond donors (Lipinski definition) is 1. The number of nitrogens with one attached hydrogen (secondary N) is 1. The minimum absolute atomic E-state index is 0.934. The van der Waals surface area contributed by atoms with Crippen molar-refractivity contribution in [3.05, 3.63) is 71.9 Å². The first-order valence-electron chi connectivity index (χ1n) is 8.19. The third kappa shape index (κ3) is 2.66. The van der Waals surface area contributed by atoms with E-state index >= 15 is 0 Å². The summed E-state index contributed by atoms with van der Waals surface area (Å²) in [7, 11) is 0. The fraction of sp³-hybridized carbons (Fsp3) is 0.190. The largest absolute Gasteiger partial charge is 0.313 e. The third-order valence-electron chi connectivity index (χ3n) is 4.53. The number of fused-ring (bicyclic) bond motifs is 1. The minimum Gasteiger partial charge on any atom is -0.313 e. The second-order valence-corrected chi connectivity index (χ2v) is 6.08. The van der Waals surface area contributed by atoms with Crippen molar-refractivity contribution in [3.63, 3.8) is 0 Å². The molecule has 4 rings (SSSR count). The molecule has 0 unspecified atom stereocenters. The van der Waals surface area contributed by atoms with E-state index in [1.165, 1.54) is 27.5 Å². The van der Waals surface area contributed by atoms with Gasteiger partial charge in [0.2, 0.25) is 0 Å². The van der Waals surface area contributed by atoms with Crippen molar-refractivity contribution >= 4 is 16.3 Å². The van der Waals surface area contributed by atoms with Gasteiger partial charge in [-0.05, 0) is 42.5 Å². The molecule has 1 aromatic heterocycles. The maximum absolute atomic E-state index is 5.06. The Hall–Kier alpha value is -2.45. The maximum Gasteiger partial charge on any atom is 0.0790 e. The van der Waals surface area contributed by atoms with Crippen molar-refractivity contribution in [2.24, 2.45) is 0 Å². The van der Waals surface area contributed by atoms with E-state index in [-0.39, 0.29) is 0 Å². The lowest BCUT2D eigenvalue weighted by molar-refractivity contribution is 0.737. The number of aromatic nitrogens is 1. The van der Waals surface area contributed by atoms with E-state index in [9.17, 15) is 0 Å². The van der Waals surface area contributed by atoms with Crippen LogP contribution in [0.25, 0.3) is 27.6 Å². The zero-order valence-electron chi connectivity index (χ0n) is 13.3. The lowest BCUT2D eigenvalue weighted by Crippen LogP contribution is -2.20. The van der Waals surface area contributed by atoms with Crippen molar-refractivity contribution in [1.29, 1.82) is 0 Å². The lowest BCUT2D eigenvalue weighted by atomic mass is 9.97. The van der Waals surface area contributed by atoms with Crippen LogP contribution < -0.4 is 5.32 Å². The summed E-state index contributed by atoms with van der Waals surface area (Å²) in [6.07, 6.45) is 3.31. The molecule has 0 saturated carbocycles. The minimum atomic E-state index is 0.934. The number of aryl methyl sites for hydroxylation is 1. The van der Waals surface area contributed by atoms with Crippen LogP contribution in [0.2, 0.25) is 0 Å². The van der Waals surface area contributed by atoms with Crippen molar-refractivity contribution in [2.45, 2.75) is 13.3 Å². The molecule has 0 saturated heterocycles. The molecule has 0 aliphatic carbocycles. The summed E-state index contributed by atoms with van der Waals surface area (Å²) in [5.41, 5.74) is 6.05. The fourth-order valence-corrected chi connectivity index (χ4v) is 3.26. The SMILES string of the molecule is Cc1ccccc1-c1nc(C2=CCNCC2)cc2ccccc12. The van der Waals surface area contributed by atoms with Crippen LogP contribution in [-0.2, 0) is 0 Å². The van der Waals surface area contributed by atoms with Crippen LogP contribution in [-0.4, -0.2) is 18.1 Å². The van der Waals surface area contributed by atoms with Crippen molar-refractivity contribution in [2.75, 3.05) is 13.1 Å². The summed E-state index contributed by atoms with van der Waals surface area (Å²) < 4.78 is 0. The van der Waals surface area contributed by atoms with Gasteiger partial charge in [0.1, 0.15) is 0 Å². The molecule has 2 heterocycles. The van der Waals surface area contributed by atoms with Gasteiger partial charge in [0.25, 0.3) is 0 Å². The highest BCUT2D eigenvalue weighted by Gasteiger charge is 2.13. The first kappa shape index (κ1) is 14.2. The first-order valence-corrected chi connectivity index (χ1v) is 8.19. The van der Waals surface area contributed by atoms with E-state index in [1.54, 1.807) is 0 Å². The standard InChI is InChI=1S/C21H20N2/c1-15-6-2-4-8-18(15)21-19-9-5-3-7-17(19)14-20(23-21)16-10-12-22-13-11-16/h2-10,14,22H,11-13H2,1H3. The van der Waals surface area contributed by atoms with Crippen molar-refractivity contribution in [3.8, 4) is 11.3 Å². The molecule has 1 aliphatic heterocycles. The molecule has 2 aromatic carbocycles. The normalized spacial score (nSPS) is 14.7. The fourth-order valence-electron chi connectivity index (χ4n) is 3.26. The summed E-state index contributed by atoms with van der Waals surface area (Å²) in [6, 6.07) is 19.3. The molecule has 0 spiro atoms. The van der Waals surface area contributed by atoms with Gasteiger partial charge >= 0.3 is 0 Å². The summed E-state index contributed by atoms with van der Waals surface area (Å²) in [4.78, 5) is 5.06. The van der Waals surface area contributed by atoms with Crippen LogP contribution in [0, 0.1) is 6.92 Å². The highest BCUT2D eigenvalue weighted by atomic mass is 14.9. The van der Waals surface area contributed by atoms with Crippen LogP contribution in [0.5, 0.6) is 0 Å². The highest BCUT2D eigenvalue weighted by Crippen LogP contribution is 2.32. The van der Waals surface area contributed by atoms with Crippen LogP contribution in [0.3, 0.4) is 0 Å². The molecule has 0 fully saturated rings. The molecular weight excluding hydrogens is 280 g/mol. The topological polar surface area (TPSA) is 24.9 Å². The number of nitrogens with zero attached hydrogens (tertiary/aromatic N) is 1. The van der Waals surface area contributed by atoms with Gasteiger partial charge in [-0.1, -0.05) is 54.6 Å². The lowest BCUT2D eigenvalue weighted by Gasteiger charge is -2.16. The van der Waals surface area contributed by atoms with Gasteiger partial charge in [0, 0.05) is 17.5 Å². The average Bonchev–Trinajstić information content (AvgIpc) is 2.62. The van der Waals surface area contributed by atoms with E-state index in [4.69, 9.17) is 4.98 Å². The molecule has 2 nitrogen and oxygen atoms in total. The van der Waals surface area contributed by atoms with Gasteiger partial charge < -0.3 is 5.32 Å². The second-order valence-electron chi connectivity index (χ2n) is 6.08. The zero-order chi connectivity index (χ0) is 15.6. The van der Waals surface area contributed by atoms with Crippen LogP contribution >= 0.6 is 0 Å². The molecule has 3 aromatic rings. The number of rotatable bonds is 2. The predicted molar refractivity (Wildman–Crippen MR) is 97.4 cm³/mol. The molecule has 23 heavy (non-hydrogen) atoms. The Morgan fingerprint density at radius 3 is 2.65 bits per heavy atom. The smallest absolute Gasteiger partial charge is 0.0790 e. The molecule has 1 aliphatic rings. The Morgan fingerprint density at radius 2 is 1.83 bits per heavy atom. The van der Waals surface area contributed by atoms with E-state index < -0.39 is 0 Å². The molecule has 0 bridgehead atoms. The summed E-state index contributed by atoms with van der Waals surface area (Å²) >= 11 is 0. The monoisotopic (exact) mass is 300 g/mol. The highest BCUT2D eigenvalue weighted by molar-refractivity contribution is 5.96. The zero-order valence-corrected chi connectivity index (χ0v) is 13.3. The summed E-state index contributed by atoms with van der Waals surface area (Å²) in [5, 5.41) is 5.85. The molecule has 0 atom stereocenters. The molecule has 114 valence electrons. The Balaban J connectivity index is 1.98. The third-order valence-corrected chi connectivity index (χ3v) is 4.53. The number of hydrogen-bond acceptors (Lipinski definition) is 2. The van der Waals surface area contributed by atoms with Crippen molar-refractivity contribution < 1.29 is 0 Å². The van der Waals surface area contributed by atoms with Crippen LogP contribution in [0.15, 0.2) is 60.7 Å². The Labute approximate surface area is 136 Å². The molecule has 0 amide bonds. The quantitative estimate of drug-likeness (QED) is 0.749. The van der Waals surface area contributed by atoms with Gasteiger partial charge in [0.05, 0.1) is 11.4 Å². The van der Waals surface area contributed by atoms with Gasteiger partial charge in [-0.2, -0.15) is 0 Å². The average molecular weight is 300 g/mol. The maximum atomic E-state index is 5.06. The van der Waals surface area contributed by atoms with E-state index in [0.29, 0.717) is 0 Å². The van der Waals surface area contributed by atoms with Crippen LogP contribution in [0.4, 0.5) is 0 Å². The molecule has 1 N–H and O–H groups in total. The van der Waals surface area contributed by atoms with Gasteiger partial charge in [-0.3, -0.25) is 0 Å². The van der Waals surface area contributed by atoms with Gasteiger partial charge in [-0.25, -0.2) is 4.98 Å². The Morgan fingerprint density at radius 1 is 1.00 bits per heavy atom. The second kappa shape index (κ2) is 5.98. The molecule has 0 radical (unpaired) electrons. The Kier molecular flexibility index (Phi) is 3.68. The molecule has 2 heteroatoms. The van der Waals surface area contributed by atoms with Crippen molar-refractivity contribution in [1.82, 2.24) is 10.3 Å². The first-order chi connectivity index (χ1) is 11.3. The summed E-state index contributed by atoms with van der Waals surface area (Å²) in [5.74, 6) is 0. The number of pyridine rings is 1. The van der Waals surface area contributed by atoms with E-state index in [0.717, 1.165) is 30.9 Å². The summed E-state index contributed by atoms with van der Waals surface area (Å²) in [6.45, 7) is 4.12. The van der Waals surface area contributed by atoms with E-state index in [2.05, 4.69) is 72.9 Å². The Bertz CT molecular complexity index is 893. The van der Waals surface area contributed by atoms with Crippen LogP contribution in [0.1, 0.15) is 17.7 Å². The predicted octanol–water partition coefficient (Wildman–Crippen LogP) is 4.59.